The van der Waals surface area contributed by atoms with Crippen LogP contribution in [0.5, 0.6) is 0 Å². The lowest BCUT2D eigenvalue weighted by atomic mass is 9.93. The van der Waals surface area contributed by atoms with Gasteiger partial charge in [0.15, 0.2) is 5.96 Å². The third kappa shape index (κ3) is 4.42. The summed E-state index contributed by atoms with van der Waals surface area (Å²) >= 11 is 5.93. The molecule has 0 aliphatic carbocycles. The summed E-state index contributed by atoms with van der Waals surface area (Å²) in [7, 11) is 1.79. The van der Waals surface area contributed by atoms with Gasteiger partial charge in [-0.1, -0.05) is 23.7 Å². The summed E-state index contributed by atoms with van der Waals surface area (Å²) in [6, 6.07) is 7.72. The second-order valence-corrected chi connectivity index (χ2v) is 7.65. The van der Waals surface area contributed by atoms with E-state index < -0.39 is 0 Å². The van der Waals surface area contributed by atoms with Gasteiger partial charge in [-0.05, 0) is 36.6 Å². The van der Waals surface area contributed by atoms with Crippen molar-refractivity contribution >= 4 is 17.6 Å². The Balaban J connectivity index is 1.39. The smallest absolute Gasteiger partial charge is 0.246 e. The highest BCUT2D eigenvalue weighted by Crippen LogP contribution is 2.27. The molecule has 2 unspecified atom stereocenters. The van der Waals surface area contributed by atoms with E-state index in [1.807, 2.05) is 30.9 Å². The predicted octanol–water partition coefficient (Wildman–Crippen LogP) is 3.25. The largest absolute Gasteiger partial charge is 0.347 e. The summed E-state index contributed by atoms with van der Waals surface area (Å²) in [5.74, 6) is 2.46. The average molecular weight is 414 g/mol. The molecule has 29 heavy (non-hydrogen) atoms. The van der Waals surface area contributed by atoms with Crippen molar-refractivity contribution in [2.45, 2.75) is 25.9 Å². The van der Waals surface area contributed by atoms with E-state index in [0.717, 1.165) is 31.0 Å². The van der Waals surface area contributed by atoms with Crippen LogP contribution in [0.25, 0.3) is 11.4 Å². The molecule has 8 nitrogen and oxygen atoms in total. The molecule has 3 heterocycles. The first-order valence-electron chi connectivity index (χ1n) is 9.65. The Labute approximate surface area is 174 Å². The zero-order chi connectivity index (χ0) is 20.2. The Morgan fingerprint density at radius 2 is 2.17 bits per heavy atom. The summed E-state index contributed by atoms with van der Waals surface area (Å²) in [4.78, 5) is 15.4. The standard InChI is InChI=1S/C20H24ClN7O/c1-14-7-9-27(12-17(14)28-10-8-23-13-28)20(22-2)24-11-18-25-19(26-29-18)15-3-5-16(21)6-4-15/h3-6,8,10,13-14,17H,7,9,11-12H2,1-2H3,(H,22,24). The highest BCUT2D eigenvalue weighted by Gasteiger charge is 2.29. The number of halogens is 1. The summed E-state index contributed by atoms with van der Waals surface area (Å²) in [5, 5.41) is 8.07. The molecule has 9 heteroatoms. The Morgan fingerprint density at radius 3 is 2.90 bits per heavy atom. The van der Waals surface area contributed by atoms with Crippen molar-refractivity contribution in [2.75, 3.05) is 20.1 Å². The van der Waals surface area contributed by atoms with Gasteiger partial charge in [0.05, 0.1) is 18.9 Å². The quantitative estimate of drug-likeness (QED) is 0.522. The lowest BCUT2D eigenvalue weighted by Crippen LogP contribution is -2.48. The molecule has 1 N–H and O–H groups in total. The van der Waals surface area contributed by atoms with Crippen LogP contribution in [0, 0.1) is 5.92 Å². The molecular weight excluding hydrogens is 390 g/mol. The van der Waals surface area contributed by atoms with E-state index in [0.29, 0.717) is 35.2 Å². The molecule has 1 saturated heterocycles. The first-order chi connectivity index (χ1) is 14.1. The molecule has 4 rings (SSSR count). The molecule has 0 bridgehead atoms. The molecule has 1 aliphatic heterocycles. The van der Waals surface area contributed by atoms with Crippen molar-refractivity contribution in [3.05, 3.63) is 53.9 Å². The van der Waals surface area contributed by atoms with Gasteiger partial charge in [-0.25, -0.2) is 4.98 Å². The van der Waals surface area contributed by atoms with Gasteiger partial charge < -0.3 is 19.3 Å². The minimum atomic E-state index is 0.365. The van der Waals surface area contributed by atoms with Crippen LogP contribution in [-0.4, -0.2) is 50.7 Å². The van der Waals surface area contributed by atoms with E-state index in [1.54, 1.807) is 19.2 Å². The number of nitrogens with one attached hydrogen (secondary N) is 1. The zero-order valence-electron chi connectivity index (χ0n) is 16.5. The van der Waals surface area contributed by atoms with Crippen LogP contribution in [0.15, 0.2) is 52.5 Å². The molecule has 0 radical (unpaired) electrons. The van der Waals surface area contributed by atoms with Crippen molar-refractivity contribution in [3.63, 3.8) is 0 Å². The third-order valence-corrected chi connectivity index (χ3v) is 5.56. The fourth-order valence-electron chi connectivity index (χ4n) is 3.62. The van der Waals surface area contributed by atoms with Crippen molar-refractivity contribution in [1.82, 2.24) is 29.9 Å². The third-order valence-electron chi connectivity index (χ3n) is 5.31. The van der Waals surface area contributed by atoms with Crippen LogP contribution in [-0.2, 0) is 6.54 Å². The number of imidazole rings is 1. The first kappa shape index (κ1) is 19.4. The van der Waals surface area contributed by atoms with Crippen LogP contribution in [0.3, 0.4) is 0 Å². The Kier molecular flexibility index (Phi) is 5.80. The molecule has 152 valence electrons. The number of aromatic nitrogens is 4. The van der Waals surface area contributed by atoms with Gasteiger partial charge in [-0.3, -0.25) is 4.99 Å². The molecule has 2 aromatic heterocycles. The lowest BCUT2D eigenvalue weighted by Gasteiger charge is -2.39. The topological polar surface area (TPSA) is 84.4 Å². The first-order valence-corrected chi connectivity index (χ1v) is 10.0. The van der Waals surface area contributed by atoms with Crippen molar-refractivity contribution in [2.24, 2.45) is 10.9 Å². The number of benzene rings is 1. The van der Waals surface area contributed by atoms with E-state index >= 15 is 0 Å². The summed E-state index contributed by atoms with van der Waals surface area (Å²) in [5.41, 5.74) is 0.863. The number of piperidine rings is 1. The number of hydrogen-bond acceptors (Lipinski definition) is 5. The molecular formula is C20H24ClN7O. The number of likely N-dealkylation sites (tertiary alicyclic amines) is 1. The summed E-state index contributed by atoms with van der Waals surface area (Å²) < 4.78 is 7.57. The number of guanidine groups is 1. The maximum absolute atomic E-state index is 5.93. The maximum atomic E-state index is 5.93. The minimum Gasteiger partial charge on any atom is -0.347 e. The van der Waals surface area contributed by atoms with Gasteiger partial charge in [-0.2, -0.15) is 4.98 Å². The second-order valence-electron chi connectivity index (χ2n) is 7.21. The van der Waals surface area contributed by atoms with Crippen LogP contribution < -0.4 is 5.32 Å². The molecule has 0 saturated carbocycles. The monoisotopic (exact) mass is 413 g/mol. The summed E-state index contributed by atoms with van der Waals surface area (Å²) in [6.07, 6.45) is 6.83. The van der Waals surface area contributed by atoms with Crippen LogP contribution in [0.4, 0.5) is 0 Å². The van der Waals surface area contributed by atoms with Crippen LogP contribution in [0.1, 0.15) is 25.3 Å². The summed E-state index contributed by atoms with van der Waals surface area (Å²) in [6.45, 7) is 4.52. The lowest BCUT2D eigenvalue weighted by molar-refractivity contribution is 0.188. The van der Waals surface area contributed by atoms with E-state index in [1.165, 1.54) is 0 Å². The molecule has 3 aromatic rings. The van der Waals surface area contributed by atoms with E-state index in [2.05, 4.69) is 41.8 Å². The minimum absolute atomic E-state index is 0.365. The Morgan fingerprint density at radius 1 is 1.34 bits per heavy atom. The molecule has 0 amide bonds. The number of hydrogen-bond donors (Lipinski definition) is 1. The van der Waals surface area contributed by atoms with Gasteiger partial charge in [0.2, 0.25) is 11.7 Å². The maximum Gasteiger partial charge on any atom is 0.246 e. The van der Waals surface area contributed by atoms with E-state index in [4.69, 9.17) is 16.1 Å². The molecule has 2 atom stereocenters. The van der Waals surface area contributed by atoms with Crippen molar-refractivity contribution < 1.29 is 4.52 Å². The van der Waals surface area contributed by atoms with Crippen molar-refractivity contribution in [3.8, 4) is 11.4 Å². The van der Waals surface area contributed by atoms with Gasteiger partial charge >= 0.3 is 0 Å². The van der Waals surface area contributed by atoms with E-state index in [-0.39, 0.29) is 0 Å². The zero-order valence-corrected chi connectivity index (χ0v) is 17.3. The van der Waals surface area contributed by atoms with Crippen LogP contribution >= 0.6 is 11.6 Å². The van der Waals surface area contributed by atoms with Gasteiger partial charge in [0, 0.05) is 43.1 Å². The van der Waals surface area contributed by atoms with Gasteiger partial charge in [0.1, 0.15) is 0 Å². The fraction of sp³-hybridized carbons (Fsp3) is 0.400. The fourth-order valence-corrected chi connectivity index (χ4v) is 3.75. The highest BCUT2D eigenvalue weighted by molar-refractivity contribution is 6.30. The average Bonchev–Trinajstić information content (AvgIpc) is 3.42. The SMILES string of the molecule is CN=C(NCc1nc(-c2ccc(Cl)cc2)no1)N1CCC(C)C(n2ccnc2)C1. The van der Waals surface area contributed by atoms with Crippen molar-refractivity contribution in [1.29, 1.82) is 0 Å². The second kappa shape index (κ2) is 8.65. The van der Waals surface area contributed by atoms with Gasteiger partial charge in [-0.15, -0.1) is 0 Å². The highest BCUT2D eigenvalue weighted by atomic mass is 35.5. The molecule has 1 aromatic carbocycles. The van der Waals surface area contributed by atoms with Crippen LogP contribution in [0.2, 0.25) is 5.02 Å². The predicted molar refractivity (Wildman–Crippen MR) is 112 cm³/mol. The number of nitrogens with zero attached hydrogens (tertiary/aromatic N) is 6. The normalized spacial score (nSPS) is 20.1. The number of aliphatic imine (C=N–C) groups is 1. The Hall–Kier alpha value is -2.87. The molecule has 1 fully saturated rings. The molecule has 0 spiro atoms. The molecule has 1 aliphatic rings. The van der Waals surface area contributed by atoms with E-state index in [9.17, 15) is 0 Å². The Bertz CT molecular complexity index is 952. The number of rotatable bonds is 4. The van der Waals surface area contributed by atoms with Gasteiger partial charge in [0.25, 0.3) is 0 Å².